The van der Waals surface area contributed by atoms with Gasteiger partial charge in [0, 0.05) is 10.7 Å². The van der Waals surface area contributed by atoms with Crippen molar-refractivity contribution in [2.24, 2.45) is 0 Å². The number of alkyl halides is 2. The topological polar surface area (TPSA) is 0 Å². The molecule has 0 aliphatic heterocycles. The summed E-state index contributed by atoms with van der Waals surface area (Å²) in [5, 5.41) is 3.60. The van der Waals surface area contributed by atoms with Gasteiger partial charge >= 0.3 is 0 Å². The van der Waals surface area contributed by atoms with Crippen molar-refractivity contribution >= 4 is 45.1 Å². The van der Waals surface area contributed by atoms with Crippen LogP contribution in [0.15, 0.2) is 18.2 Å². The van der Waals surface area contributed by atoms with Crippen molar-refractivity contribution in [2.45, 2.75) is 75.2 Å². The van der Waals surface area contributed by atoms with E-state index < -0.39 is 8.07 Å². The molecule has 1 rings (SSSR count). The van der Waals surface area contributed by atoms with Crippen LogP contribution >= 0.6 is 31.9 Å². The van der Waals surface area contributed by atoms with Crippen molar-refractivity contribution in [1.82, 2.24) is 0 Å². The van der Waals surface area contributed by atoms with Crippen LogP contribution in [-0.2, 0) is 10.7 Å². The fourth-order valence-electron chi connectivity index (χ4n) is 2.94. The van der Waals surface area contributed by atoms with E-state index in [1.807, 2.05) is 0 Å². The Labute approximate surface area is 149 Å². The third-order valence-electron chi connectivity index (χ3n) is 4.36. The summed E-state index contributed by atoms with van der Waals surface area (Å²) in [6.45, 7) is 7.37. The monoisotopic (exact) mass is 432 g/mol. The van der Waals surface area contributed by atoms with Crippen LogP contribution in [0.3, 0.4) is 0 Å². The lowest BCUT2D eigenvalue weighted by Gasteiger charge is -2.26. The van der Waals surface area contributed by atoms with Gasteiger partial charge in [0.25, 0.3) is 0 Å². The van der Waals surface area contributed by atoms with E-state index in [1.54, 1.807) is 5.19 Å². The third kappa shape index (κ3) is 6.58. The summed E-state index contributed by atoms with van der Waals surface area (Å²) in [5.74, 6) is 0. The first kappa shape index (κ1) is 19.4. The Morgan fingerprint density at radius 3 is 2.19 bits per heavy atom. The first-order chi connectivity index (χ1) is 10.0. The molecule has 0 fully saturated rings. The summed E-state index contributed by atoms with van der Waals surface area (Å²) < 4.78 is 0. The van der Waals surface area contributed by atoms with Crippen molar-refractivity contribution in [2.75, 3.05) is 0 Å². The minimum Gasteiger partial charge on any atom is -0.0876 e. The van der Waals surface area contributed by atoms with E-state index >= 15 is 0 Å². The van der Waals surface area contributed by atoms with Crippen LogP contribution in [0.1, 0.15) is 56.6 Å². The number of rotatable bonds is 10. The van der Waals surface area contributed by atoms with Crippen LogP contribution in [0.4, 0.5) is 0 Å². The Bertz CT molecular complexity index is 416. The average Bonchev–Trinajstić information content (AvgIpc) is 2.50. The van der Waals surface area contributed by atoms with Crippen LogP contribution in [0, 0.1) is 0 Å². The maximum Gasteiger partial charge on any atom is 0.0810 e. The normalized spacial score (nSPS) is 11.9. The highest BCUT2D eigenvalue weighted by Crippen LogP contribution is 2.20. The number of unbranched alkanes of at least 4 members (excludes halogenated alkanes) is 5. The molecule has 1 aromatic rings. The summed E-state index contributed by atoms with van der Waals surface area (Å²) >= 11 is 7.26. The van der Waals surface area contributed by atoms with E-state index in [9.17, 15) is 0 Å². The zero-order valence-electron chi connectivity index (χ0n) is 13.9. The molecule has 0 nitrogen and oxygen atoms in total. The molecule has 0 radical (unpaired) electrons. The van der Waals surface area contributed by atoms with Crippen molar-refractivity contribution in [3.8, 4) is 0 Å². The maximum absolute atomic E-state index is 3.67. The number of hydrogen-bond donors (Lipinski definition) is 0. The van der Waals surface area contributed by atoms with Gasteiger partial charge in [-0.15, -0.1) is 0 Å². The second-order valence-corrected chi connectivity index (χ2v) is 12.6. The van der Waals surface area contributed by atoms with Gasteiger partial charge in [-0.2, -0.15) is 0 Å². The second kappa shape index (κ2) is 10.2. The number of benzene rings is 1. The largest absolute Gasteiger partial charge is 0.0876 e. The molecule has 0 saturated heterocycles. The second-order valence-electron chi connectivity index (χ2n) is 6.66. The Hall–Kier alpha value is 0.397. The van der Waals surface area contributed by atoms with Gasteiger partial charge in [0.2, 0.25) is 0 Å². The van der Waals surface area contributed by atoms with Gasteiger partial charge in [0.15, 0.2) is 0 Å². The molecule has 0 bridgehead atoms. The molecule has 0 aromatic heterocycles. The highest BCUT2D eigenvalue weighted by Gasteiger charge is 2.25. The predicted octanol–water partition coefficient (Wildman–Crippen LogP) is 6.75. The molecule has 0 aliphatic carbocycles. The third-order valence-corrected chi connectivity index (χ3v) is 9.14. The molecule has 120 valence electrons. The zero-order chi connectivity index (χ0) is 15.7. The molecule has 3 heteroatoms. The fraction of sp³-hybridized carbons (Fsp3) is 0.667. The van der Waals surface area contributed by atoms with Crippen molar-refractivity contribution in [1.29, 1.82) is 0 Å². The van der Waals surface area contributed by atoms with Gasteiger partial charge < -0.3 is 0 Å². The molecular formula is C18H30Br2Si. The van der Waals surface area contributed by atoms with Crippen molar-refractivity contribution in [3.05, 3.63) is 29.3 Å². The van der Waals surface area contributed by atoms with Gasteiger partial charge in [-0.25, -0.2) is 0 Å². The van der Waals surface area contributed by atoms with Crippen LogP contribution in [0.5, 0.6) is 0 Å². The van der Waals surface area contributed by atoms with Crippen molar-refractivity contribution < 1.29 is 0 Å². The van der Waals surface area contributed by atoms with Gasteiger partial charge in [-0.3, -0.25) is 0 Å². The molecule has 21 heavy (non-hydrogen) atoms. The zero-order valence-corrected chi connectivity index (χ0v) is 18.0. The molecule has 0 aliphatic rings. The molecule has 0 atom stereocenters. The molecule has 0 heterocycles. The summed E-state index contributed by atoms with van der Waals surface area (Å²) in [6, 6.07) is 8.44. The lowest BCUT2D eigenvalue weighted by atomic mass is 10.1. The fourth-order valence-corrected chi connectivity index (χ4v) is 7.05. The van der Waals surface area contributed by atoms with E-state index in [0.29, 0.717) is 0 Å². The van der Waals surface area contributed by atoms with Crippen LogP contribution in [-0.4, -0.2) is 8.07 Å². The summed E-state index contributed by atoms with van der Waals surface area (Å²) in [4.78, 5) is 0. The SMILES string of the molecule is CCCCCCCC[Si](C)(C)c1cc(CBr)ccc1CBr. The van der Waals surface area contributed by atoms with E-state index in [2.05, 4.69) is 70.1 Å². The smallest absolute Gasteiger partial charge is 0.0810 e. The van der Waals surface area contributed by atoms with Crippen molar-refractivity contribution in [3.63, 3.8) is 0 Å². The lowest BCUT2D eigenvalue weighted by molar-refractivity contribution is 0.623. The van der Waals surface area contributed by atoms with E-state index in [0.717, 1.165) is 10.7 Å². The molecule has 1 aromatic carbocycles. The highest BCUT2D eigenvalue weighted by molar-refractivity contribution is 9.08. The van der Waals surface area contributed by atoms with Gasteiger partial charge in [-0.05, 0) is 11.1 Å². The molecule has 0 unspecified atom stereocenters. The molecule has 0 spiro atoms. The minimum absolute atomic E-state index is 0.962. The molecule has 0 saturated carbocycles. The van der Waals surface area contributed by atoms with Gasteiger partial charge in [0.1, 0.15) is 0 Å². The number of halogens is 2. The Morgan fingerprint density at radius 1 is 0.905 bits per heavy atom. The number of hydrogen-bond acceptors (Lipinski definition) is 0. The van der Waals surface area contributed by atoms with E-state index in [-0.39, 0.29) is 0 Å². The quantitative estimate of drug-likeness (QED) is 0.217. The minimum atomic E-state index is -1.31. The first-order valence-electron chi connectivity index (χ1n) is 8.29. The Kier molecular flexibility index (Phi) is 9.47. The van der Waals surface area contributed by atoms with Crippen LogP contribution in [0.25, 0.3) is 0 Å². The lowest BCUT2D eigenvalue weighted by Crippen LogP contribution is -2.43. The molecule has 0 N–H and O–H groups in total. The predicted molar refractivity (Wildman–Crippen MR) is 107 cm³/mol. The summed E-state index contributed by atoms with van der Waals surface area (Å²) in [7, 11) is -1.31. The maximum atomic E-state index is 3.67. The van der Waals surface area contributed by atoms with Crippen LogP contribution < -0.4 is 5.19 Å². The van der Waals surface area contributed by atoms with E-state index in [1.165, 1.54) is 55.7 Å². The first-order valence-corrected chi connectivity index (χ1v) is 13.7. The average molecular weight is 434 g/mol. The Morgan fingerprint density at radius 2 is 1.57 bits per heavy atom. The van der Waals surface area contributed by atoms with E-state index in [4.69, 9.17) is 0 Å². The van der Waals surface area contributed by atoms with Gasteiger partial charge in [-0.1, -0.05) is 120 Å². The van der Waals surface area contributed by atoms with Crippen LogP contribution in [0.2, 0.25) is 19.1 Å². The summed E-state index contributed by atoms with van der Waals surface area (Å²) in [6.07, 6.45) is 8.41. The standard InChI is InChI=1S/C18H30Br2Si/c1-4-5-6-7-8-9-12-21(2,3)18-13-16(14-19)10-11-17(18)15-20/h10-11,13H,4-9,12,14-15H2,1-3H3. The summed E-state index contributed by atoms with van der Waals surface area (Å²) in [5.41, 5.74) is 2.92. The van der Waals surface area contributed by atoms with Gasteiger partial charge in [0.05, 0.1) is 8.07 Å². The molecular weight excluding hydrogens is 404 g/mol. The highest BCUT2D eigenvalue weighted by atomic mass is 79.9. The molecule has 0 amide bonds. The Balaban J connectivity index is 2.63.